The largest absolute Gasteiger partial charge is 0.508 e. The van der Waals surface area contributed by atoms with Gasteiger partial charge in [0, 0.05) is 23.3 Å². The van der Waals surface area contributed by atoms with Crippen molar-refractivity contribution >= 4 is 0 Å². The molecule has 0 saturated heterocycles. The van der Waals surface area contributed by atoms with E-state index in [-0.39, 0.29) is 17.4 Å². The molecule has 0 bridgehead atoms. The van der Waals surface area contributed by atoms with Crippen LogP contribution in [0.4, 0.5) is 0 Å². The molecule has 2 atom stereocenters. The second-order valence-corrected chi connectivity index (χ2v) is 5.82. The smallest absolute Gasteiger partial charge is 0.164 e. The lowest BCUT2D eigenvalue weighted by atomic mass is 9.79. The normalized spacial score (nSPS) is 24.5. The first-order valence-electron chi connectivity index (χ1n) is 7.09. The lowest BCUT2D eigenvalue weighted by molar-refractivity contribution is 0.0433. The zero-order chi connectivity index (χ0) is 15.5. The average molecular weight is 300 g/mol. The maximum absolute atomic E-state index is 10.0. The second-order valence-electron chi connectivity index (χ2n) is 5.82. The molecule has 5 nitrogen and oxygen atoms in total. The monoisotopic (exact) mass is 300 g/mol. The molecule has 0 radical (unpaired) electrons. The molecule has 2 aliphatic rings. The first-order chi connectivity index (χ1) is 10.5. The fourth-order valence-corrected chi connectivity index (χ4v) is 3.39. The molecule has 0 aliphatic carbocycles. The van der Waals surface area contributed by atoms with E-state index >= 15 is 0 Å². The van der Waals surface area contributed by atoms with Crippen LogP contribution in [0.1, 0.15) is 24.0 Å². The van der Waals surface area contributed by atoms with Crippen molar-refractivity contribution in [3.8, 4) is 28.7 Å². The predicted octanol–water partition coefficient (Wildman–Crippen LogP) is 2.89. The molecule has 2 aliphatic heterocycles. The Morgan fingerprint density at radius 3 is 2.77 bits per heavy atom. The number of hydrogen-bond donors (Lipinski definition) is 2. The summed E-state index contributed by atoms with van der Waals surface area (Å²) >= 11 is 0. The maximum Gasteiger partial charge on any atom is 0.164 e. The van der Waals surface area contributed by atoms with Gasteiger partial charge in [0.2, 0.25) is 0 Å². The van der Waals surface area contributed by atoms with Crippen LogP contribution in [0.15, 0.2) is 30.3 Å². The van der Waals surface area contributed by atoms with Crippen molar-refractivity contribution in [3.63, 3.8) is 0 Å². The molecule has 2 heterocycles. The van der Waals surface area contributed by atoms with Crippen molar-refractivity contribution in [2.45, 2.75) is 18.4 Å². The minimum Gasteiger partial charge on any atom is -0.508 e. The molecule has 22 heavy (non-hydrogen) atoms. The van der Waals surface area contributed by atoms with Gasteiger partial charge in [-0.15, -0.1) is 0 Å². The molecule has 2 aromatic carbocycles. The van der Waals surface area contributed by atoms with Crippen LogP contribution in [-0.2, 0) is 5.60 Å². The maximum atomic E-state index is 10.0. The summed E-state index contributed by atoms with van der Waals surface area (Å²) in [6.07, 6.45) is 0. The van der Waals surface area contributed by atoms with Crippen molar-refractivity contribution in [2.75, 3.05) is 13.7 Å². The van der Waals surface area contributed by atoms with E-state index in [1.807, 2.05) is 13.0 Å². The molecule has 0 aromatic heterocycles. The number of methoxy groups -OCH3 is 1. The van der Waals surface area contributed by atoms with Gasteiger partial charge in [-0.05, 0) is 25.1 Å². The molecule has 5 heteroatoms. The van der Waals surface area contributed by atoms with Crippen molar-refractivity contribution < 1.29 is 24.4 Å². The number of phenols is 2. The van der Waals surface area contributed by atoms with E-state index in [2.05, 4.69) is 0 Å². The van der Waals surface area contributed by atoms with E-state index in [0.29, 0.717) is 23.9 Å². The second kappa shape index (κ2) is 4.22. The van der Waals surface area contributed by atoms with Gasteiger partial charge >= 0.3 is 0 Å². The Morgan fingerprint density at radius 1 is 1.18 bits per heavy atom. The zero-order valence-corrected chi connectivity index (χ0v) is 12.3. The molecule has 2 aromatic rings. The number of fused-ring (bicyclic) bond motifs is 5. The van der Waals surface area contributed by atoms with Crippen molar-refractivity contribution in [1.82, 2.24) is 0 Å². The van der Waals surface area contributed by atoms with Crippen LogP contribution in [-0.4, -0.2) is 23.9 Å². The highest BCUT2D eigenvalue weighted by atomic mass is 16.5. The average Bonchev–Trinajstić information content (AvgIpc) is 2.77. The predicted molar refractivity (Wildman–Crippen MR) is 79.0 cm³/mol. The SMILES string of the molecule is COc1cc2c(cc1O)[C@@H]1COc3cc(O)ccc3[C@]1(C)O2. The minimum absolute atomic E-state index is 0.0312. The fraction of sp³-hybridized carbons (Fsp3) is 0.294. The summed E-state index contributed by atoms with van der Waals surface area (Å²) in [6, 6.07) is 8.42. The van der Waals surface area contributed by atoms with Gasteiger partial charge in [-0.3, -0.25) is 0 Å². The van der Waals surface area contributed by atoms with Crippen LogP contribution in [0.25, 0.3) is 0 Å². The van der Waals surface area contributed by atoms with Crippen molar-refractivity contribution in [2.24, 2.45) is 0 Å². The summed E-state index contributed by atoms with van der Waals surface area (Å²) in [5.74, 6) is 1.92. The molecule has 0 fully saturated rings. The number of rotatable bonds is 1. The highest BCUT2D eigenvalue weighted by molar-refractivity contribution is 5.58. The van der Waals surface area contributed by atoms with E-state index in [9.17, 15) is 10.2 Å². The summed E-state index contributed by atoms with van der Waals surface area (Å²) in [4.78, 5) is 0. The zero-order valence-electron chi connectivity index (χ0n) is 12.3. The Balaban J connectivity index is 1.87. The Labute approximate surface area is 127 Å². The van der Waals surface area contributed by atoms with Crippen LogP contribution in [0.5, 0.6) is 28.7 Å². The third-order valence-electron chi connectivity index (χ3n) is 4.58. The van der Waals surface area contributed by atoms with E-state index < -0.39 is 5.60 Å². The molecule has 0 spiro atoms. The Bertz CT molecular complexity index is 770. The Morgan fingerprint density at radius 2 is 2.00 bits per heavy atom. The van der Waals surface area contributed by atoms with Crippen LogP contribution >= 0.6 is 0 Å². The van der Waals surface area contributed by atoms with Crippen molar-refractivity contribution in [1.29, 1.82) is 0 Å². The number of hydrogen-bond acceptors (Lipinski definition) is 5. The van der Waals surface area contributed by atoms with Gasteiger partial charge in [-0.25, -0.2) is 0 Å². The van der Waals surface area contributed by atoms with E-state index in [0.717, 1.165) is 11.1 Å². The first-order valence-corrected chi connectivity index (χ1v) is 7.09. The van der Waals surface area contributed by atoms with E-state index in [1.165, 1.54) is 7.11 Å². The molecular weight excluding hydrogens is 284 g/mol. The number of aromatic hydroxyl groups is 2. The van der Waals surface area contributed by atoms with Gasteiger partial charge in [-0.1, -0.05) is 0 Å². The summed E-state index contributed by atoms with van der Waals surface area (Å²) < 4.78 is 17.1. The summed E-state index contributed by atoms with van der Waals surface area (Å²) in [5, 5.41) is 19.6. The summed E-state index contributed by atoms with van der Waals surface area (Å²) in [6.45, 7) is 2.42. The standard InChI is InChI=1S/C17H16O5/c1-17-11-4-3-9(18)5-15(11)21-8-12(17)10-6-13(19)16(20-2)7-14(10)22-17/h3-7,12,18-19H,8H2,1-2H3/t12-,17-/m0/s1. The van der Waals surface area contributed by atoms with Gasteiger partial charge in [0.15, 0.2) is 11.5 Å². The number of benzene rings is 2. The lowest BCUT2D eigenvalue weighted by Crippen LogP contribution is -2.38. The topological polar surface area (TPSA) is 68.2 Å². The van der Waals surface area contributed by atoms with E-state index in [1.54, 1.807) is 24.3 Å². The highest BCUT2D eigenvalue weighted by Gasteiger charge is 2.51. The Hall–Kier alpha value is -2.56. The van der Waals surface area contributed by atoms with Gasteiger partial charge < -0.3 is 24.4 Å². The van der Waals surface area contributed by atoms with E-state index in [4.69, 9.17) is 14.2 Å². The number of phenolic OH excluding ortho intramolecular Hbond substituents is 2. The van der Waals surface area contributed by atoms with Gasteiger partial charge in [0.05, 0.1) is 19.6 Å². The van der Waals surface area contributed by atoms with Gasteiger partial charge in [-0.2, -0.15) is 0 Å². The molecular formula is C17H16O5. The molecule has 0 unspecified atom stereocenters. The van der Waals surface area contributed by atoms with Crippen LogP contribution in [0.3, 0.4) is 0 Å². The summed E-state index contributed by atoms with van der Waals surface area (Å²) in [7, 11) is 1.51. The van der Waals surface area contributed by atoms with Crippen LogP contribution in [0, 0.1) is 0 Å². The van der Waals surface area contributed by atoms with Gasteiger partial charge in [0.25, 0.3) is 0 Å². The van der Waals surface area contributed by atoms with Crippen LogP contribution < -0.4 is 14.2 Å². The molecule has 4 rings (SSSR count). The quantitative estimate of drug-likeness (QED) is 0.847. The molecule has 0 amide bonds. The fourth-order valence-electron chi connectivity index (χ4n) is 3.39. The molecule has 114 valence electrons. The van der Waals surface area contributed by atoms with Crippen LogP contribution in [0.2, 0.25) is 0 Å². The lowest BCUT2D eigenvalue weighted by Gasteiger charge is -2.36. The minimum atomic E-state index is -0.595. The number of ether oxygens (including phenoxy) is 3. The highest BCUT2D eigenvalue weighted by Crippen LogP contribution is 2.56. The third kappa shape index (κ3) is 1.59. The molecule has 0 saturated carbocycles. The van der Waals surface area contributed by atoms with Crippen molar-refractivity contribution in [3.05, 3.63) is 41.5 Å². The molecule has 2 N–H and O–H groups in total. The third-order valence-corrected chi connectivity index (χ3v) is 4.58. The first kappa shape index (κ1) is 13.1. The van der Waals surface area contributed by atoms with Gasteiger partial charge in [0.1, 0.15) is 22.8 Å². The Kier molecular flexibility index (Phi) is 2.52. The summed E-state index contributed by atoms with van der Waals surface area (Å²) in [5.41, 5.74) is 1.19.